The van der Waals surface area contributed by atoms with Crippen molar-refractivity contribution in [3.8, 4) is 5.75 Å². The molecule has 1 aliphatic rings. The first kappa shape index (κ1) is 39.9. The molecule has 10 heteroatoms. The smallest absolute Gasteiger partial charge is 0.253 e. The third kappa shape index (κ3) is 10.5. The Balaban J connectivity index is 1.15. The van der Waals surface area contributed by atoms with E-state index in [1.807, 2.05) is 66.4 Å². The number of carbonyl (C=O) groups excluding carboxylic acids is 2. The number of fused-ring (bicyclic) bond motifs is 1. The van der Waals surface area contributed by atoms with E-state index in [9.17, 15) is 9.59 Å². The SMILES string of the molecule is COc1cccc(Nc2c(C(N)=O)cnc3c(C)cc(Cc4cccc(C(=O)N5CCC(OCCCCCCO[Si](C)(C)C(C)(C)C)CC5)c4)cc23)c1. The number of methoxy groups -OCH3 is 1. The summed E-state index contributed by atoms with van der Waals surface area (Å²) in [5.41, 5.74) is 12.0. The van der Waals surface area contributed by atoms with Crippen LogP contribution in [0.2, 0.25) is 18.1 Å². The number of nitrogens with zero attached hydrogens (tertiary/aromatic N) is 2. The normalized spacial score (nSPS) is 14.1. The van der Waals surface area contributed by atoms with Gasteiger partial charge < -0.3 is 29.9 Å². The summed E-state index contributed by atoms with van der Waals surface area (Å²) >= 11 is 0. The molecule has 1 saturated heterocycles. The van der Waals surface area contributed by atoms with Crippen molar-refractivity contribution in [2.24, 2.45) is 5.73 Å². The molecule has 0 saturated carbocycles. The highest BCUT2D eigenvalue weighted by atomic mass is 28.4. The molecule has 53 heavy (non-hydrogen) atoms. The number of primary amides is 1. The number of piperidine rings is 1. The molecule has 1 aromatic heterocycles. The molecule has 0 bridgehead atoms. The third-order valence-corrected chi connectivity index (χ3v) is 15.3. The predicted molar refractivity (Wildman–Crippen MR) is 217 cm³/mol. The minimum absolute atomic E-state index is 0.0555. The third-order valence-electron chi connectivity index (χ3n) is 10.8. The summed E-state index contributed by atoms with van der Waals surface area (Å²) in [6.45, 7) is 16.5. The van der Waals surface area contributed by atoms with E-state index < -0.39 is 14.2 Å². The van der Waals surface area contributed by atoms with E-state index in [1.165, 1.54) is 12.6 Å². The molecule has 0 aliphatic carbocycles. The molecule has 4 aromatic rings. The first-order valence-corrected chi connectivity index (χ1v) is 21.9. The van der Waals surface area contributed by atoms with E-state index in [4.69, 9.17) is 19.6 Å². The maximum atomic E-state index is 13.6. The number of aromatic nitrogens is 1. The van der Waals surface area contributed by atoms with Gasteiger partial charge >= 0.3 is 0 Å². The van der Waals surface area contributed by atoms with Gasteiger partial charge in [-0.2, -0.15) is 0 Å². The second kappa shape index (κ2) is 17.7. The van der Waals surface area contributed by atoms with Crippen molar-refractivity contribution in [2.45, 2.75) is 96.9 Å². The highest BCUT2D eigenvalue weighted by molar-refractivity contribution is 6.74. The van der Waals surface area contributed by atoms with E-state index in [2.05, 4.69) is 50.2 Å². The Kier molecular flexibility index (Phi) is 13.4. The van der Waals surface area contributed by atoms with Crippen LogP contribution in [0.15, 0.2) is 66.9 Å². The quantitative estimate of drug-likeness (QED) is 0.0870. The van der Waals surface area contributed by atoms with Crippen LogP contribution in [0.4, 0.5) is 11.4 Å². The molecule has 1 aliphatic heterocycles. The van der Waals surface area contributed by atoms with E-state index >= 15 is 0 Å². The first-order chi connectivity index (χ1) is 25.3. The molecule has 2 amide bonds. The minimum atomic E-state index is -1.66. The number of nitrogens with two attached hydrogens (primary N) is 1. The molecule has 0 unspecified atom stereocenters. The summed E-state index contributed by atoms with van der Waals surface area (Å²) in [7, 11) is -0.0439. The summed E-state index contributed by atoms with van der Waals surface area (Å²) in [5.74, 6) is 0.183. The summed E-state index contributed by atoms with van der Waals surface area (Å²) in [5, 5.41) is 4.45. The molecule has 284 valence electrons. The van der Waals surface area contributed by atoms with Gasteiger partial charge in [-0.15, -0.1) is 0 Å². The number of pyridine rings is 1. The number of anilines is 2. The van der Waals surface area contributed by atoms with Gasteiger partial charge in [0, 0.05) is 55.2 Å². The fraction of sp³-hybridized carbons (Fsp3) is 0.465. The molecular formula is C43H58N4O5Si. The van der Waals surface area contributed by atoms with Crippen molar-refractivity contribution in [1.29, 1.82) is 0 Å². The van der Waals surface area contributed by atoms with Gasteiger partial charge in [0.1, 0.15) is 5.75 Å². The highest BCUT2D eigenvalue weighted by Gasteiger charge is 2.36. The first-order valence-electron chi connectivity index (χ1n) is 19.0. The fourth-order valence-electron chi connectivity index (χ4n) is 6.63. The molecule has 0 radical (unpaired) electrons. The molecule has 9 nitrogen and oxygen atoms in total. The van der Waals surface area contributed by atoms with Crippen LogP contribution in [0.3, 0.4) is 0 Å². The number of hydrogen-bond acceptors (Lipinski definition) is 7. The molecule has 0 atom stereocenters. The van der Waals surface area contributed by atoms with Crippen LogP contribution in [0, 0.1) is 6.92 Å². The van der Waals surface area contributed by atoms with E-state index in [0.29, 0.717) is 42.1 Å². The van der Waals surface area contributed by atoms with Crippen LogP contribution in [0.5, 0.6) is 5.75 Å². The highest BCUT2D eigenvalue weighted by Crippen LogP contribution is 2.37. The van der Waals surface area contributed by atoms with Crippen molar-refractivity contribution in [3.63, 3.8) is 0 Å². The Morgan fingerprint density at radius 3 is 2.36 bits per heavy atom. The lowest BCUT2D eigenvalue weighted by molar-refractivity contribution is 0.00711. The number of hydrogen-bond donors (Lipinski definition) is 2. The van der Waals surface area contributed by atoms with Gasteiger partial charge in [0.25, 0.3) is 11.8 Å². The summed E-state index contributed by atoms with van der Waals surface area (Å²) in [4.78, 5) is 32.7. The number of amides is 2. The van der Waals surface area contributed by atoms with Gasteiger partial charge in [0.05, 0.1) is 30.0 Å². The molecule has 0 spiro atoms. The number of rotatable bonds is 16. The molecule has 3 aromatic carbocycles. The fourth-order valence-corrected chi connectivity index (χ4v) is 7.72. The lowest BCUT2D eigenvalue weighted by Gasteiger charge is -2.36. The van der Waals surface area contributed by atoms with Gasteiger partial charge in [-0.25, -0.2) is 0 Å². The maximum absolute atomic E-state index is 13.6. The number of likely N-dealkylation sites (tertiary alicyclic amines) is 1. The molecule has 3 N–H and O–H groups in total. The number of aryl methyl sites for hydroxylation is 1. The van der Waals surface area contributed by atoms with Gasteiger partial charge in [0.2, 0.25) is 0 Å². The van der Waals surface area contributed by atoms with Crippen molar-refractivity contribution in [1.82, 2.24) is 9.88 Å². The van der Waals surface area contributed by atoms with Gasteiger partial charge in [-0.1, -0.05) is 57.9 Å². The molecule has 2 heterocycles. The van der Waals surface area contributed by atoms with Crippen molar-refractivity contribution >= 4 is 42.4 Å². The number of unbranched alkanes of at least 4 members (excludes halogenated alkanes) is 3. The van der Waals surface area contributed by atoms with E-state index in [1.54, 1.807) is 7.11 Å². The number of benzene rings is 3. The molecule has 5 rings (SSSR count). The van der Waals surface area contributed by atoms with Crippen molar-refractivity contribution < 1.29 is 23.5 Å². The maximum Gasteiger partial charge on any atom is 0.253 e. The second-order valence-electron chi connectivity index (χ2n) is 15.8. The Labute approximate surface area is 316 Å². The van der Waals surface area contributed by atoms with Crippen LogP contribution in [0.1, 0.15) is 96.7 Å². The lowest BCUT2D eigenvalue weighted by Crippen LogP contribution is -2.41. The van der Waals surface area contributed by atoms with Crippen LogP contribution < -0.4 is 15.8 Å². The van der Waals surface area contributed by atoms with Crippen molar-refractivity contribution in [3.05, 3.63) is 94.7 Å². The number of ether oxygens (including phenoxy) is 2. The minimum Gasteiger partial charge on any atom is -0.497 e. The second-order valence-corrected chi connectivity index (χ2v) is 20.6. The Hall–Kier alpha value is -4.25. The summed E-state index contributed by atoms with van der Waals surface area (Å²) in [6.07, 6.45) is 8.54. The largest absolute Gasteiger partial charge is 0.497 e. The standard InChI is InChI=1S/C43H58N4O5Si/c1-30-24-32(27-37-39(30)45-29-38(41(44)48)40(37)46-34-16-13-17-36(28-34)50-5)25-31-14-12-15-33(26-31)42(49)47-20-18-35(19-21-47)51-22-10-8-9-11-23-52-53(6,7)43(2,3)4/h12-17,24,26-29,35H,8-11,18-23,25H2,1-7H3,(H2,44,48)(H,45,46). The Bertz CT molecular complexity index is 1880. The zero-order chi connectivity index (χ0) is 38.2. The topological polar surface area (TPSA) is 116 Å². The monoisotopic (exact) mass is 738 g/mol. The van der Waals surface area contributed by atoms with Gasteiger partial charge in [-0.05, 0) is 104 Å². The summed E-state index contributed by atoms with van der Waals surface area (Å²) in [6, 6.07) is 19.6. The predicted octanol–water partition coefficient (Wildman–Crippen LogP) is 9.19. The summed E-state index contributed by atoms with van der Waals surface area (Å²) < 4.78 is 17.9. The number of nitrogens with one attached hydrogen (secondary N) is 1. The van der Waals surface area contributed by atoms with Crippen LogP contribution in [-0.4, -0.2) is 69.5 Å². The van der Waals surface area contributed by atoms with E-state index in [0.717, 1.165) is 78.6 Å². The average Bonchev–Trinajstić information content (AvgIpc) is 3.12. The van der Waals surface area contributed by atoms with E-state index in [-0.39, 0.29) is 17.0 Å². The van der Waals surface area contributed by atoms with Crippen LogP contribution >= 0.6 is 0 Å². The number of carbonyl (C=O) groups is 2. The molecule has 1 fully saturated rings. The van der Waals surface area contributed by atoms with Crippen LogP contribution in [-0.2, 0) is 15.6 Å². The molecular weight excluding hydrogens is 681 g/mol. The zero-order valence-corrected chi connectivity index (χ0v) is 33.7. The Morgan fingerprint density at radius 1 is 0.943 bits per heavy atom. The Morgan fingerprint density at radius 2 is 1.66 bits per heavy atom. The van der Waals surface area contributed by atoms with Gasteiger partial charge in [0.15, 0.2) is 8.32 Å². The van der Waals surface area contributed by atoms with Crippen LogP contribution in [0.25, 0.3) is 10.9 Å². The zero-order valence-electron chi connectivity index (χ0n) is 32.7. The van der Waals surface area contributed by atoms with Gasteiger partial charge in [-0.3, -0.25) is 14.6 Å². The average molecular weight is 739 g/mol. The van der Waals surface area contributed by atoms with Crippen molar-refractivity contribution in [2.75, 3.05) is 38.7 Å². The lowest BCUT2D eigenvalue weighted by atomic mass is 9.97.